The SMILES string of the molecule is CC(C)N[C@@H](CCC(CN)O[C@@H]1OC(CO)[C@H](O)[C@H](O)C1O)C(=O)C(C)C. The number of hydrogen-bond acceptors (Lipinski definition) is 9. The number of nitrogens with one attached hydrogen (secondary N) is 1. The topological polar surface area (TPSA) is 154 Å². The predicted octanol–water partition coefficient (Wildman–Crippen LogP) is -1.50. The highest BCUT2D eigenvalue weighted by atomic mass is 16.7. The second-order valence-corrected chi connectivity index (χ2v) is 7.70. The summed E-state index contributed by atoms with van der Waals surface area (Å²) in [5.74, 6) is -0.00347. The first-order valence-electron chi connectivity index (χ1n) is 9.58. The molecule has 27 heavy (non-hydrogen) atoms. The zero-order valence-corrected chi connectivity index (χ0v) is 16.6. The average molecular weight is 392 g/mol. The number of Topliss-reactive ketones (excluding diaryl/α,β-unsaturated/α-hetero) is 1. The van der Waals surface area contributed by atoms with Gasteiger partial charge in [0.25, 0.3) is 0 Å². The van der Waals surface area contributed by atoms with Crippen molar-refractivity contribution < 1.29 is 34.7 Å². The summed E-state index contributed by atoms with van der Waals surface area (Å²) in [5, 5.41) is 42.2. The Kier molecular flexibility index (Phi) is 10.3. The van der Waals surface area contributed by atoms with E-state index in [-0.39, 0.29) is 30.3 Å². The molecule has 0 aromatic rings. The molecule has 0 radical (unpaired) electrons. The van der Waals surface area contributed by atoms with E-state index in [1.54, 1.807) is 0 Å². The van der Waals surface area contributed by atoms with Crippen LogP contribution < -0.4 is 11.1 Å². The molecule has 9 heteroatoms. The van der Waals surface area contributed by atoms with Gasteiger partial charge in [0, 0.05) is 18.5 Å². The van der Waals surface area contributed by atoms with Gasteiger partial charge in [-0.3, -0.25) is 4.79 Å². The molecule has 0 bridgehead atoms. The van der Waals surface area contributed by atoms with Crippen LogP contribution in [0.2, 0.25) is 0 Å². The Balaban J connectivity index is 2.70. The van der Waals surface area contributed by atoms with Crippen molar-refractivity contribution in [2.24, 2.45) is 11.7 Å². The van der Waals surface area contributed by atoms with E-state index in [9.17, 15) is 25.2 Å². The van der Waals surface area contributed by atoms with Crippen LogP contribution in [-0.2, 0) is 14.3 Å². The molecule has 1 heterocycles. The number of nitrogens with two attached hydrogens (primary N) is 1. The van der Waals surface area contributed by atoms with E-state index in [1.165, 1.54) is 0 Å². The van der Waals surface area contributed by atoms with Gasteiger partial charge in [-0.05, 0) is 12.8 Å². The molecule has 1 saturated heterocycles. The van der Waals surface area contributed by atoms with E-state index < -0.39 is 43.4 Å². The monoisotopic (exact) mass is 392 g/mol. The van der Waals surface area contributed by atoms with Crippen molar-refractivity contribution in [2.45, 2.75) is 89.4 Å². The Morgan fingerprint density at radius 3 is 2.22 bits per heavy atom. The molecular formula is C18H36N2O7. The number of hydrogen-bond donors (Lipinski definition) is 6. The first kappa shape index (κ1) is 24.4. The molecular weight excluding hydrogens is 356 g/mol. The third kappa shape index (κ3) is 7.03. The van der Waals surface area contributed by atoms with E-state index in [0.717, 1.165) is 0 Å². The first-order chi connectivity index (χ1) is 12.6. The van der Waals surface area contributed by atoms with Gasteiger partial charge in [0.1, 0.15) is 24.4 Å². The maximum absolute atomic E-state index is 12.4. The summed E-state index contributed by atoms with van der Waals surface area (Å²) < 4.78 is 11.0. The number of aliphatic hydroxyl groups is 4. The van der Waals surface area contributed by atoms with Crippen molar-refractivity contribution >= 4 is 5.78 Å². The van der Waals surface area contributed by atoms with Gasteiger partial charge in [0.05, 0.1) is 18.8 Å². The van der Waals surface area contributed by atoms with Crippen LogP contribution >= 0.6 is 0 Å². The first-order valence-corrected chi connectivity index (χ1v) is 9.58. The molecule has 1 fully saturated rings. The van der Waals surface area contributed by atoms with Crippen LogP contribution in [0.4, 0.5) is 0 Å². The van der Waals surface area contributed by atoms with Crippen molar-refractivity contribution in [3.8, 4) is 0 Å². The zero-order chi connectivity index (χ0) is 20.7. The quantitative estimate of drug-likeness (QED) is 0.246. The van der Waals surface area contributed by atoms with Gasteiger partial charge in [-0.1, -0.05) is 27.7 Å². The van der Waals surface area contributed by atoms with E-state index in [1.807, 2.05) is 27.7 Å². The van der Waals surface area contributed by atoms with Gasteiger partial charge in [0.2, 0.25) is 0 Å². The van der Waals surface area contributed by atoms with Crippen molar-refractivity contribution in [1.82, 2.24) is 5.32 Å². The average Bonchev–Trinajstić information content (AvgIpc) is 2.62. The number of ketones is 1. The largest absolute Gasteiger partial charge is 0.394 e. The van der Waals surface area contributed by atoms with Gasteiger partial charge in [-0.25, -0.2) is 0 Å². The fourth-order valence-electron chi connectivity index (χ4n) is 3.08. The summed E-state index contributed by atoms with van der Waals surface area (Å²) in [6.45, 7) is 7.22. The molecule has 0 aromatic heterocycles. The summed E-state index contributed by atoms with van der Waals surface area (Å²) in [6, 6.07) is -0.196. The fraction of sp³-hybridized carbons (Fsp3) is 0.944. The van der Waals surface area contributed by atoms with Gasteiger partial charge in [-0.15, -0.1) is 0 Å². The molecule has 1 aliphatic heterocycles. The Morgan fingerprint density at radius 1 is 1.11 bits per heavy atom. The van der Waals surface area contributed by atoms with Crippen molar-refractivity contribution in [2.75, 3.05) is 13.2 Å². The Labute approximate surface area is 160 Å². The highest BCUT2D eigenvalue weighted by molar-refractivity contribution is 5.85. The number of carbonyl (C=O) groups excluding carboxylic acids is 1. The molecule has 1 aliphatic rings. The molecule has 0 aromatic carbocycles. The van der Waals surface area contributed by atoms with Gasteiger partial charge < -0.3 is 41.0 Å². The summed E-state index contributed by atoms with van der Waals surface area (Å²) in [7, 11) is 0. The highest BCUT2D eigenvalue weighted by Crippen LogP contribution is 2.24. The van der Waals surface area contributed by atoms with Gasteiger partial charge >= 0.3 is 0 Å². The summed E-state index contributed by atoms with van der Waals surface area (Å²) in [6.07, 6.45) is -6.28. The fourth-order valence-corrected chi connectivity index (χ4v) is 3.08. The maximum atomic E-state index is 12.4. The van der Waals surface area contributed by atoms with Crippen LogP contribution in [0.25, 0.3) is 0 Å². The van der Waals surface area contributed by atoms with E-state index >= 15 is 0 Å². The Bertz CT molecular complexity index is 447. The standard InChI is InChI=1S/C18H36N2O7/c1-9(2)14(22)12(20-10(3)4)6-5-11(7-19)26-18-17(25)16(24)15(23)13(8-21)27-18/h9-13,15-18,20-21,23-25H,5-8,19H2,1-4H3/t11?,12-,13?,15-,16-,17?,18+/m0/s1. The lowest BCUT2D eigenvalue weighted by Crippen LogP contribution is -2.60. The number of ether oxygens (including phenoxy) is 2. The molecule has 160 valence electrons. The molecule has 0 spiro atoms. The van der Waals surface area contributed by atoms with E-state index in [4.69, 9.17) is 15.2 Å². The molecule has 7 N–H and O–H groups in total. The number of aliphatic hydroxyl groups excluding tert-OH is 4. The smallest absolute Gasteiger partial charge is 0.187 e. The number of carbonyl (C=O) groups is 1. The van der Waals surface area contributed by atoms with Crippen LogP contribution in [0.5, 0.6) is 0 Å². The highest BCUT2D eigenvalue weighted by Gasteiger charge is 2.44. The molecule has 0 aliphatic carbocycles. The third-order valence-electron chi connectivity index (χ3n) is 4.66. The molecule has 1 rings (SSSR count). The second-order valence-electron chi connectivity index (χ2n) is 7.70. The van der Waals surface area contributed by atoms with E-state index in [2.05, 4.69) is 5.32 Å². The minimum Gasteiger partial charge on any atom is -0.394 e. The van der Waals surface area contributed by atoms with Crippen LogP contribution in [0, 0.1) is 5.92 Å². The lowest BCUT2D eigenvalue weighted by Gasteiger charge is -2.40. The molecule has 0 saturated carbocycles. The van der Waals surface area contributed by atoms with Crippen molar-refractivity contribution in [1.29, 1.82) is 0 Å². The molecule has 9 nitrogen and oxygen atoms in total. The zero-order valence-electron chi connectivity index (χ0n) is 16.6. The second kappa shape index (κ2) is 11.4. The van der Waals surface area contributed by atoms with Gasteiger partial charge in [-0.2, -0.15) is 0 Å². The Morgan fingerprint density at radius 2 is 1.74 bits per heavy atom. The van der Waals surface area contributed by atoms with Crippen LogP contribution in [0.3, 0.4) is 0 Å². The molecule has 0 amide bonds. The van der Waals surface area contributed by atoms with Crippen LogP contribution in [-0.4, -0.2) is 88.3 Å². The van der Waals surface area contributed by atoms with E-state index in [0.29, 0.717) is 12.8 Å². The molecule has 3 unspecified atom stereocenters. The maximum Gasteiger partial charge on any atom is 0.187 e. The van der Waals surface area contributed by atoms with Crippen molar-refractivity contribution in [3.05, 3.63) is 0 Å². The van der Waals surface area contributed by atoms with Crippen molar-refractivity contribution in [3.63, 3.8) is 0 Å². The minimum atomic E-state index is -1.50. The lowest BCUT2D eigenvalue weighted by molar-refractivity contribution is -0.310. The predicted molar refractivity (Wildman–Crippen MR) is 98.8 cm³/mol. The summed E-state index contributed by atoms with van der Waals surface area (Å²) in [4.78, 5) is 12.4. The lowest BCUT2D eigenvalue weighted by atomic mass is 9.95. The third-order valence-corrected chi connectivity index (χ3v) is 4.66. The summed E-state index contributed by atoms with van der Waals surface area (Å²) in [5.41, 5.74) is 5.76. The van der Waals surface area contributed by atoms with Gasteiger partial charge in [0.15, 0.2) is 12.1 Å². The number of rotatable bonds is 11. The van der Waals surface area contributed by atoms with Crippen LogP contribution in [0.1, 0.15) is 40.5 Å². The normalized spacial score (nSPS) is 31.3. The Hall–Kier alpha value is -0.650. The van der Waals surface area contributed by atoms with Crippen LogP contribution in [0.15, 0.2) is 0 Å². The summed E-state index contributed by atoms with van der Waals surface area (Å²) >= 11 is 0. The minimum absolute atomic E-state index is 0.104. The molecule has 7 atom stereocenters.